The second kappa shape index (κ2) is 23.1. The summed E-state index contributed by atoms with van der Waals surface area (Å²) >= 11 is 0. The fourth-order valence-corrected chi connectivity index (χ4v) is 8.34. The van der Waals surface area contributed by atoms with Gasteiger partial charge in [-0.25, -0.2) is 9.97 Å². The van der Waals surface area contributed by atoms with Crippen LogP contribution in [0.25, 0.3) is 0 Å². The summed E-state index contributed by atoms with van der Waals surface area (Å²) < 4.78 is 38.6. The lowest BCUT2D eigenvalue weighted by Gasteiger charge is -2.21. The van der Waals surface area contributed by atoms with Crippen LogP contribution in [0, 0.1) is 0 Å². The number of aliphatic hydroxyl groups is 4. The number of amides is 2. The number of hydrogen-bond acceptors (Lipinski definition) is 15. The van der Waals surface area contributed by atoms with Gasteiger partial charge < -0.3 is 64.2 Å². The van der Waals surface area contributed by atoms with Gasteiger partial charge in [0.25, 0.3) is 0 Å². The predicted molar refractivity (Wildman–Crippen MR) is 261 cm³/mol. The fraction of sp³-hybridized carbons (Fsp3) is 0.333. The highest BCUT2D eigenvalue weighted by molar-refractivity contribution is 6.01. The van der Waals surface area contributed by atoms with Gasteiger partial charge in [0.2, 0.25) is 25.4 Å². The topological polar surface area (TPSA) is 230 Å². The number of aromatic nitrogens is 2. The lowest BCUT2D eigenvalue weighted by Crippen LogP contribution is -2.28. The van der Waals surface area contributed by atoms with Gasteiger partial charge in [0.05, 0.1) is 31.7 Å². The molecule has 0 radical (unpaired) electrons. The quantitative estimate of drug-likeness (QED) is 0.0481. The molecule has 0 spiro atoms. The number of carbonyl (C=O) groups is 2. The van der Waals surface area contributed by atoms with E-state index < -0.39 is 23.0 Å². The second-order valence-electron chi connectivity index (χ2n) is 17.2. The van der Waals surface area contributed by atoms with E-state index in [0.717, 1.165) is 47.9 Å². The molecule has 2 aromatic heterocycles. The van der Waals surface area contributed by atoms with Gasteiger partial charge in [-0.15, -0.1) is 0 Å². The maximum atomic E-state index is 13.2. The summed E-state index contributed by atoms with van der Waals surface area (Å²) in [5.41, 5.74) is 3.64. The zero-order valence-electron chi connectivity index (χ0n) is 39.5. The SMILES string of the molecule is COc1ccccc1C(O)c1ccc(NC(=O)C2(c3ccc4c(c3)OCO4)CC2)nc1.COc1ccccc1C(OCCCO)c1ccc(NC(=O)C2(c3ccc4c(c3)OCO4)CC2)nc1.OCCCO. The Hall–Kier alpha value is -7.28. The van der Waals surface area contributed by atoms with E-state index in [1.807, 2.05) is 78.9 Å². The molecule has 6 N–H and O–H groups in total. The van der Waals surface area contributed by atoms with E-state index in [0.29, 0.717) is 76.7 Å². The van der Waals surface area contributed by atoms with Crippen LogP contribution in [0.2, 0.25) is 0 Å². The summed E-state index contributed by atoms with van der Waals surface area (Å²) in [7, 11) is 3.19. The van der Waals surface area contributed by atoms with E-state index in [2.05, 4.69) is 20.6 Å². The number of para-hydroxylation sites is 2. The Labute approximate surface area is 411 Å². The van der Waals surface area contributed by atoms with E-state index in [1.165, 1.54) is 0 Å². The van der Waals surface area contributed by atoms with E-state index in [4.69, 9.17) is 48.5 Å². The van der Waals surface area contributed by atoms with Gasteiger partial charge in [0.1, 0.15) is 35.3 Å². The van der Waals surface area contributed by atoms with Crippen LogP contribution in [0.5, 0.6) is 34.5 Å². The third-order valence-electron chi connectivity index (χ3n) is 12.7. The average Bonchev–Trinajstić information content (AvgIpc) is 4.31. The molecule has 2 fully saturated rings. The standard InChI is InChI=1S/C27H28N2O6.C24H22N2O5.C3H8O2/c1-32-21-6-3-2-5-20(21)25(33-14-4-13-30)18-7-10-24(28-16-18)29-26(31)27(11-12-27)19-8-9-22-23(15-19)35-17-34-22;1-29-18-5-3-2-4-17(18)22(27)15-6-9-21(25-13-15)26-23(28)24(10-11-24)16-7-8-19-20(12-16)31-14-30-19;4-2-1-3-5/h2-3,5-10,15-16,25,30H,4,11-14,17H2,1H3,(H,28,29,31);2-9,12-13,22,27H,10-11,14H2,1H3,(H,25,26,28);4-5H,1-3H2. The van der Waals surface area contributed by atoms with Crippen LogP contribution < -0.4 is 39.1 Å². The van der Waals surface area contributed by atoms with Crippen molar-refractivity contribution in [2.75, 3.05) is 64.9 Å². The highest BCUT2D eigenvalue weighted by Crippen LogP contribution is 2.52. The Morgan fingerprint density at radius 1 is 0.592 bits per heavy atom. The van der Waals surface area contributed by atoms with Crippen LogP contribution in [0.1, 0.15) is 84.1 Å². The van der Waals surface area contributed by atoms with Crippen molar-refractivity contribution in [1.29, 1.82) is 0 Å². The minimum atomic E-state index is -0.878. The monoisotopic (exact) mass is 970 g/mol. The number of benzene rings is 4. The number of methoxy groups -OCH3 is 2. The first-order valence-corrected chi connectivity index (χ1v) is 23.4. The molecule has 71 heavy (non-hydrogen) atoms. The minimum Gasteiger partial charge on any atom is -0.496 e. The molecule has 372 valence electrons. The highest BCUT2D eigenvalue weighted by Gasteiger charge is 2.53. The van der Waals surface area contributed by atoms with Crippen molar-refractivity contribution in [3.63, 3.8) is 0 Å². The predicted octanol–water partition coefficient (Wildman–Crippen LogP) is 6.91. The molecule has 0 bridgehead atoms. The van der Waals surface area contributed by atoms with Crippen LogP contribution >= 0.6 is 0 Å². The Bertz CT molecular complexity index is 2740. The molecule has 2 atom stereocenters. The van der Waals surface area contributed by atoms with Gasteiger partial charge in [-0.2, -0.15) is 0 Å². The van der Waals surface area contributed by atoms with Crippen molar-refractivity contribution < 1.29 is 63.2 Å². The van der Waals surface area contributed by atoms with Gasteiger partial charge >= 0.3 is 0 Å². The van der Waals surface area contributed by atoms with Crippen molar-refractivity contribution in [3.8, 4) is 34.5 Å². The summed E-state index contributed by atoms with van der Waals surface area (Å²) in [6.07, 6.45) is 6.06. The van der Waals surface area contributed by atoms with Gasteiger partial charge in [-0.1, -0.05) is 60.7 Å². The first-order valence-electron chi connectivity index (χ1n) is 23.4. The summed E-state index contributed by atoms with van der Waals surface area (Å²) in [5.74, 6) is 4.78. The van der Waals surface area contributed by atoms with Gasteiger partial charge in [-0.05, 0) is 98.2 Å². The third-order valence-corrected chi connectivity index (χ3v) is 12.7. The Balaban J connectivity index is 0.000000175. The smallest absolute Gasteiger partial charge is 0.236 e. The highest BCUT2D eigenvalue weighted by atomic mass is 16.7. The van der Waals surface area contributed by atoms with Crippen LogP contribution in [0.4, 0.5) is 11.6 Å². The van der Waals surface area contributed by atoms with E-state index in [-0.39, 0.29) is 45.2 Å². The molecule has 17 nitrogen and oxygen atoms in total. The summed E-state index contributed by atoms with van der Waals surface area (Å²) in [6, 6.07) is 33.4. The third kappa shape index (κ3) is 11.5. The average molecular weight is 971 g/mol. The molecule has 2 saturated carbocycles. The number of nitrogens with one attached hydrogen (secondary N) is 2. The number of ether oxygens (including phenoxy) is 7. The van der Waals surface area contributed by atoms with Crippen molar-refractivity contribution >= 4 is 23.5 Å². The maximum absolute atomic E-state index is 13.2. The lowest BCUT2D eigenvalue weighted by molar-refractivity contribution is -0.119. The molecular formula is C54H58N4O13. The number of pyridine rings is 2. The Kier molecular flexibility index (Phi) is 16.3. The molecule has 2 aliphatic heterocycles. The zero-order chi connectivity index (χ0) is 49.8. The largest absolute Gasteiger partial charge is 0.496 e. The number of hydrogen-bond donors (Lipinski definition) is 6. The molecule has 4 aliphatic rings. The van der Waals surface area contributed by atoms with E-state index >= 15 is 0 Å². The van der Waals surface area contributed by atoms with Crippen LogP contribution in [-0.4, -0.2) is 96.4 Å². The molecule has 2 amide bonds. The number of rotatable bonds is 18. The van der Waals surface area contributed by atoms with Crippen molar-refractivity contribution in [2.24, 2.45) is 0 Å². The van der Waals surface area contributed by atoms with Crippen LogP contribution in [0.3, 0.4) is 0 Å². The molecular weight excluding hydrogens is 913 g/mol. The number of aliphatic hydroxyl groups excluding tert-OH is 4. The number of fused-ring (bicyclic) bond motifs is 2. The first kappa shape index (κ1) is 50.1. The molecule has 4 aromatic carbocycles. The lowest BCUT2D eigenvalue weighted by atomic mass is 9.94. The summed E-state index contributed by atoms with van der Waals surface area (Å²) in [5, 5.41) is 41.6. The van der Waals surface area contributed by atoms with E-state index in [1.54, 1.807) is 56.9 Å². The zero-order valence-corrected chi connectivity index (χ0v) is 39.5. The van der Waals surface area contributed by atoms with Gasteiger partial charge in [0, 0.05) is 54.5 Å². The first-order chi connectivity index (χ1) is 34.7. The molecule has 2 aliphatic carbocycles. The van der Waals surface area contributed by atoms with Crippen molar-refractivity contribution in [2.45, 2.75) is 61.6 Å². The normalized spacial score (nSPS) is 15.6. The number of carbonyl (C=O) groups excluding carboxylic acids is 2. The molecule has 10 rings (SSSR count). The molecule has 17 heteroatoms. The van der Waals surface area contributed by atoms with Crippen LogP contribution in [-0.2, 0) is 25.2 Å². The van der Waals surface area contributed by atoms with Gasteiger partial charge in [-0.3, -0.25) is 9.59 Å². The van der Waals surface area contributed by atoms with E-state index in [9.17, 15) is 14.7 Å². The molecule has 2 unspecified atom stereocenters. The minimum absolute atomic E-state index is 0.0486. The Morgan fingerprint density at radius 2 is 1.06 bits per heavy atom. The van der Waals surface area contributed by atoms with Crippen molar-refractivity contribution in [3.05, 3.63) is 155 Å². The number of nitrogens with zero attached hydrogens (tertiary/aromatic N) is 2. The number of anilines is 2. The van der Waals surface area contributed by atoms with Crippen LogP contribution in [0.15, 0.2) is 122 Å². The van der Waals surface area contributed by atoms with Crippen molar-refractivity contribution in [1.82, 2.24) is 9.97 Å². The Morgan fingerprint density at radius 3 is 1.51 bits per heavy atom. The molecule has 4 heterocycles. The summed E-state index contributed by atoms with van der Waals surface area (Å²) in [4.78, 5) is 35.1. The van der Waals surface area contributed by atoms with Gasteiger partial charge in [0.15, 0.2) is 23.0 Å². The maximum Gasteiger partial charge on any atom is 0.236 e. The molecule has 0 saturated heterocycles. The fourth-order valence-electron chi connectivity index (χ4n) is 8.34. The molecule has 6 aromatic rings. The summed E-state index contributed by atoms with van der Waals surface area (Å²) in [6.45, 7) is 1.03. The second-order valence-corrected chi connectivity index (χ2v) is 17.2.